The maximum atomic E-state index is 6.11. The molecule has 4 nitrogen and oxygen atoms in total. The van der Waals surface area contributed by atoms with Gasteiger partial charge >= 0.3 is 0 Å². The molecule has 0 aromatic heterocycles. The fourth-order valence-corrected chi connectivity index (χ4v) is 4.01. The summed E-state index contributed by atoms with van der Waals surface area (Å²) >= 11 is 0. The van der Waals surface area contributed by atoms with Crippen LogP contribution in [0.1, 0.15) is 32.3 Å². The van der Waals surface area contributed by atoms with Gasteiger partial charge in [0.15, 0.2) is 0 Å². The first-order valence-corrected chi connectivity index (χ1v) is 10.9. The van der Waals surface area contributed by atoms with Crippen molar-refractivity contribution >= 4 is 5.69 Å². The first-order valence-electron chi connectivity index (χ1n) is 10.9. The van der Waals surface area contributed by atoms with Gasteiger partial charge in [-0.3, -0.25) is 4.90 Å². The Hall–Kier alpha value is -2.04. The van der Waals surface area contributed by atoms with Crippen molar-refractivity contribution in [1.29, 1.82) is 0 Å². The van der Waals surface area contributed by atoms with Crippen LogP contribution in [-0.2, 0) is 11.3 Å². The molecule has 1 aliphatic rings. The van der Waals surface area contributed by atoms with E-state index in [4.69, 9.17) is 9.47 Å². The van der Waals surface area contributed by atoms with Crippen molar-refractivity contribution in [2.75, 3.05) is 44.9 Å². The van der Waals surface area contributed by atoms with Gasteiger partial charge < -0.3 is 14.4 Å². The summed E-state index contributed by atoms with van der Waals surface area (Å²) in [7, 11) is 1.75. The normalized spacial score (nSPS) is 15.6. The zero-order chi connectivity index (χ0) is 20.5. The van der Waals surface area contributed by atoms with Gasteiger partial charge in [0, 0.05) is 30.9 Å². The van der Waals surface area contributed by atoms with Crippen molar-refractivity contribution in [3.8, 4) is 5.75 Å². The van der Waals surface area contributed by atoms with Crippen molar-refractivity contribution in [3.63, 3.8) is 0 Å². The lowest BCUT2D eigenvalue weighted by atomic mass is 10.1. The lowest BCUT2D eigenvalue weighted by Gasteiger charge is -2.34. The van der Waals surface area contributed by atoms with Crippen molar-refractivity contribution < 1.29 is 9.47 Å². The van der Waals surface area contributed by atoms with Gasteiger partial charge in [0.2, 0.25) is 0 Å². The third-order valence-corrected chi connectivity index (χ3v) is 5.52. The summed E-state index contributed by atoms with van der Waals surface area (Å²) in [5.74, 6) is 1.51. The topological polar surface area (TPSA) is 24.9 Å². The molecule has 1 unspecified atom stereocenters. The summed E-state index contributed by atoms with van der Waals surface area (Å²) in [5.41, 5.74) is 2.45. The molecule has 4 heteroatoms. The van der Waals surface area contributed by atoms with Gasteiger partial charge in [-0.2, -0.15) is 0 Å². The van der Waals surface area contributed by atoms with E-state index in [9.17, 15) is 0 Å². The van der Waals surface area contributed by atoms with Gasteiger partial charge in [-0.15, -0.1) is 0 Å². The molecule has 0 N–H and O–H groups in total. The van der Waals surface area contributed by atoms with E-state index in [2.05, 4.69) is 66.1 Å². The lowest BCUT2D eigenvalue weighted by Crippen LogP contribution is -2.45. The molecule has 2 aromatic rings. The SMILES string of the molecule is COc1ccccc1CN(CC(COCC(C)C)N1CCCC1)c1ccccc1. The third kappa shape index (κ3) is 6.48. The molecule has 0 amide bonds. The number of likely N-dealkylation sites (tertiary alicyclic amines) is 1. The zero-order valence-corrected chi connectivity index (χ0v) is 18.2. The first-order chi connectivity index (χ1) is 14.2. The Morgan fingerprint density at radius 2 is 1.62 bits per heavy atom. The Morgan fingerprint density at radius 1 is 0.931 bits per heavy atom. The van der Waals surface area contributed by atoms with Gasteiger partial charge in [0.25, 0.3) is 0 Å². The van der Waals surface area contributed by atoms with Crippen molar-refractivity contribution in [2.45, 2.75) is 39.3 Å². The number of benzene rings is 2. The molecule has 0 saturated carbocycles. The van der Waals surface area contributed by atoms with E-state index in [1.165, 1.54) is 37.2 Å². The summed E-state index contributed by atoms with van der Waals surface area (Å²) in [6.45, 7) is 10.1. The summed E-state index contributed by atoms with van der Waals surface area (Å²) in [6, 6.07) is 19.4. The molecule has 1 aliphatic heterocycles. The van der Waals surface area contributed by atoms with Crippen LogP contribution >= 0.6 is 0 Å². The molecular formula is C25H36N2O2. The minimum atomic E-state index is 0.395. The highest BCUT2D eigenvalue weighted by Gasteiger charge is 2.25. The van der Waals surface area contributed by atoms with E-state index in [0.29, 0.717) is 12.0 Å². The number of rotatable bonds is 11. The van der Waals surface area contributed by atoms with Gasteiger partial charge in [-0.1, -0.05) is 50.2 Å². The van der Waals surface area contributed by atoms with Crippen LogP contribution in [0.15, 0.2) is 54.6 Å². The average Bonchev–Trinajstić information content (AvgIpc) is 3.28. The predicted molar refractivity (Wildman–Crippen MR) is 121 cm³/mol. The second kappa shape index (κ2) is 11.2. The number of para-hydroxylation sites is 2. The monoisotopic (exact) mass is 396 g/mol. The molecule has 0 spiro atoms. The Morgan fingerprint density at radius 3 is 2.31 bits per heavy atom. The number of anilines is 1. The van der Waals surface area contributed by atoms with E-state index < -0.39 is 0 Å². The summed E-state index contributed by atoms with van der Waals surface area (Å²) < 4.78 is 11.7. The molecule has 1 fully saturated rings. The van der Waals surface area contributed by atoms with Crippen LogP contribution in [0.25, 0.3) is 0 Å². The number of hydrogen-bond acceptors (Lipinski definition) is 4. The van der Waals surface area contributed by atoms with Gasteiger partial charge in [-0.25, -0.2) is 0 Å². The fraction of sp³-hybridized carbons (Fsp3) is 0.520. The molecule has 1 atom stereocenters. The van der Waals surface area contributed by atoms with Crippen LogP contribution in [0.3, 0.4) is 0 Å². The highest BCUT2D eigenvalue weighted by atomic mass is 16.5. The smallest absolute Gasteiger partial charge is 0.123 e. The quantitative estimate of drug-likeness (QED) is 0.543. The van der Waals surface area contributed by atoms with Crippen LogP contribution in [0.5, 0.6) is 5.75 Å². The van der Waals surface area contributed by atoms with Crippen LogP contribution in [0, 0.1) is 5.92 Å². The number of methoxy groups -OCH3 is 1. The van der Waals surface area contributed by atoms with Crippen LogP contribution in [0.2, 0.25) is 0 Å². The summed E-state index contributed by atoms with van der Waals surface area (Å²) in [4.78, 5) is 5.08. The second-order valence-electron chi connectivity index (χ2n) is 8.36. The Kier molecular flexibility index (Phi) is 8.38. The molecule has 1 heterocycles. The average molecular weight is 397 g/mol. The van der Waals surface area contributed by atoms with E-state index in [1.807, 2.05) is 12.1 Å². The molecular weight excluding hydrogens is 360 g/mol. The molecule has 1 saturated heterocycles. The van der Waals surface area contributed by atoms with Gasteiger partial charge in [0.05, 0.1) is 19.8 Å². The van der Waals surface area contributed by atoms with Crippen molar-refractivity contribution in [3.05, 3.63) is 60.2 Å². The predicted octanol–water partition coefficient (Wildman–Crippen LogP) is 4.84. The van der Waals surface area contributed by atoms with Crippen LogP contribution in [-0.4, -0.2) is 50.9 Å². The fourth-order valence-electron chi connectivity index (χ4n) is 4.01. The minimum Gasteiger partial charge on any atom is -0.496 e. The highest BCUT2D eigenvalue weighted by molar-refractivity contribution is 5.48. The van der Waals surface area contributed by atoms with Crippen molar-refractivity contribution in [1.82, 2.24) is 4.90 Å². The molecule has 158 valence electrons. The number of nitrogens with zero attached hydrogens (tertiary/aromatic N) is 2. The van der Waals surface area contributed by atoms with Gasteiger partial charge in [-0.05, 0) is 50.0 Å². The standard InChI is InChI=1S/C25H36N2O2/c1-21(2)19-29-20-24(26-15-9-10-16-26)18-27(23-12-5-4-6-13-23)17-22-11-7-8-14-25(22)28-3/h4-8,11-14,21,24H,9-10,15-20H2,1-3H3. The molecule has 2 aromatic carbocycles. The summed E-state index contributed by atoms with van der Waals surface area (Å²) in [5, 5.41) is 0. The van der Waals surface area contributed by atoms with E-state index >= 15 is 0 Å². The van der Waals surface area contributed by atoms with Crippen LogP contribution < -0.4 is 9.64 Å². The maximum Gasteiger partial charge on any atom is 0.123 e. The van der Waals surface area contributed by atoms with E-state index in [1.54, 1.807) is 7.11 Å². The van der Waals surface area contributed by atoms with Crippen LogP contribution in [0.4, 0.5) is 5.69 Å². The van der Waals surface area contributed by atoms with E-state index in [0.717, 1.165) is 32.1 Å². The summed E-state index contributed by atoms with van der Waals surface area (Å²) in [6.07, 6.45) is 2.58. The lowest BCUT2D eigenvalue weighted by molar-refractivity contribution is 0.0567. The molecule has 0 aliphatic carbocycles. The van der Waals surface area contributed by atoms with Gasteiger partial charge in [0.1, 0.15) is 5.75 Å². The third-order valence-electron chi connectivity index (χ3n) is 5.52. The van der Waals surface area contributed by atoms with Crippen molar-refractivity contribution in [2.24, 2.45) is 5.92 Å². The maximum absolute atomic E-state index is 6.11. The van der Waals surface area contributed by atoms with E-state index in [-0.39, 0.29) is 0 Å². The number of ether oxygens (including phenoxy) is 2. The second-order valence-corrected chi connectivity index (χ2v) is 8.36. The molecule has 0 radical (unpaired) electrons. The minimum absolute atomic E-state index is 0.395. The Bertz CT molecular complexity index is 714. The number of hydrogen-bond donors (Lipinski definition) is 0. The molecule has 29 heavy (non-hydrogen) atoms. The Labute approximate surface area is 176 Å². The highest BCUT2D eigenvalue weighted by Crippen LogP contribution is 2.25. The molecule has 0 bridgehead atoms. The molecule has 3 rings (SSSR count). The first kappa shape index (κ1) is 21.7. The largest absolute Gasteiger partial charge is 0.496 e. The zero-order valence-electron chi connectivity index (χ0n) is 18.2. The Balaban J connectivity index is 1.79.